The molecule has 34 heavy (non-hydrogen) atoms. The van der Waals surface area contributed by atoms with E-state index in [0.29, 0.717) is 22.6 Å². The summed E-state index contributed by atoms with van der Waals surface area (Å²) in [5.41, 5.74) is 2.34. The number of hydrogen-bond donors (Lipinski definition) is 2. The van der Waals surface area contributed by atoms with Gasteiger partial charge in [0.2, 0.25) is 0 Å². The maximum atomic E-state index is 13.1. The first kappa shape index (κ1) is 23.2. The number of anilines is 3. The Morgan fingerprint density at radius 3 is 2.15 bits per heavy atom. The highest BCUT2D eigenvalue weighted by Crippen LogP contribution is 2.33. The standard InChI is InChI=1S/C23H21N5O4S2/c1-28(19-10-8-18(9-11-19)27-22(29)26-17-6-4-3-5-7-17)34(30,31)21-13-12-20(33-21)16-14-24-23(32-2)25-15-16/h3-15H,1-2H3,(H2,26,27,29). The van der Waals surface area contributed by atoms with Crippen LogP contribution in [-0.4, -0.2) is 38.6 Å². The molecule has 0 saturated heterocycles. The Labute approximate surface area is 201 Å². The van der Waals surface area contributed by atoms with Crippen molar-refractivity contribution in [3.63, 3.8) is 0 Å². The molecule has 2 aromatic carbocycles. The van der Waals surface area contributed by atoms with Crippen molar-refractivity contribution in [3.8, 4) is 16.5 Å². The van der Waals surface area contributed by atoms with E-state index in [4.69, 9.17) is 4.74 Å². The normalized spacial score (nSPS) is 11.0. The zero-order chi connectivity index (χ0) is 24.1. The van der Waals surface area contributed by atoms with Gasteiger partial charge >= 0.3 is 12.0 Å². The number of amides is 2. The zero-order valence-electron chi connectivity index (χ0n) is 18.3. The molecule has 2 aromatic heterocycles. The van der Waals surface area contributed by atoms with E-state index >= 15 is 0 Å². The summed E-state index contributed by atoms with van der Waals surface area (Å²) in [5.74, 6) is 0. The molecule has 0 aliphatic rings. The highest BCUT2D eigenvalue weighted by molar-refractivity contribution is 7.94. The van der Waals surface area contributed by atoms with Gasteiger partial charge in [0.25, 0.3) is 10.0 Å². The summed E-state index contributed by atoms with van der Waals surface area (Å²) in [5, 5.41) is 5.44. The number of carbonyl (C=O) groups is 1. The van der Waals surface area contributed by atoms with E-state index in [2.05, 4.69) is 20.6 Å². The molecule has 0 unspecified atom stereocenters. The molecule has 0 bridgehead atoms. The number of nitrogens with zero attached hydrogens (tertiary/aromatic N) is 3. The lowest BCUT2D eigenvalue weighted by Crippen LogP contribution is -2.25. The summed E-state index contributed by atoms with van der Waals surface area (Å²) >= 11 is 1.13. The molecule has 0 aliphatic carbocycles. The minimum absolute atomic E-state index is 0.185. The molecule has 11 heteroatoms. The number of benzene rings is 2. The monoisotopic (exact) mass is 495 g/mol. The Hall–Kier alpha value is -3.96. The lowest BCUT2D eigenvalue weighted by atomic mass is 10.3. The molecule has 9 nitrogen and oxygen atoms in total. The number of aromatic nitrogens is 2. The lowest BCUT2D eigenvalue weighted by molar-refractivity contribution is 0.262. The van der Waals surface area contributed by atoms with Crippen molar-refractivity contribution in [3.05, 3.63) is 79.1 Å². The van der Waals surface area contributed by atoms with E-state index in [1.54, 1.807) is 60.9 Å². The Morgan fingerprint density at radius 1 is 0.912 bits per heavy atom. The first-order valence-corrected chi connectivity index (χ1v) is 12.3. The van der Waals surface area contributed by atoms with Crippen LogP contribution in [-0.2, 0) is 10.0 Å². The fourth-order valence-corrected chi connectivity index (χ4v) is 5.65. The van der Waals surface area contributed by atoms with E-state index in [9.17, 15) is 13.2 Å². The van der Waals surface area contributed by atoms with E-state index in [0.717, 1.165) is 16.2 Å². The minimum atomic E-state index is -3.78. The number of nitrogens with one attached hydrogen (secondary N) is 2. The van der Waals surface area contributed by atoms with Crippen LogP contribution >= 0.6 is 11.3 Å². The third kappa shape index (κ3) is 5.16. The highest BCUT2D eigenvalue weighted by Gasteiger charge is 2.24. The van der Waals surface area contributed by atoms with Gasteiger partial charge in [-0.1, -0.05) is 18.2 Å². The molecule has 2 heterocycles. The molecule has 0 radical (unpaired) electrons. The second-order valence-corrected chi connectivity index (χ2v) is 10.3. The SMILES string of the molecule is COc1ncc(-c2ccc(S(=O)(=O)N(C)c3ccc(NC(=O)Nc4ccccc4)cc3)s2)cn1. The summed E-state index contributed by atoms with van der Waals surface area (Å²) in [6.45, 7) is 0. The van der Waals surface area contributed by atoms with E-state index in [1.165, 1.54) is 18.5 Å². The van der Waals surface area contributed by atoms with Gasteiger partial charge in [-0.2, -0.15) is 0 Å². The Morgan fingerprint density at radius 2 is 1.53 bits per heavy atom. The van der Waals surface area contributed by atoms with E-state index < -0.39 is 16.1 Å². The van der Waals surface area contributed by atoms with Gasteiger partial charge in [-0.15, -0.1) is 11.3 Å². The van der Waals surface area contributed by atoms with Crippen LogP contribution < -0.4 is 19.7 Å². The van der Waals surface area contributed by atoms with Gasteiger partial charge in [0.05, 0.1) is 12.8 Å². The number of para-hydroxylation sites is 1. The maximum absolute atomic E-state index is 13.1. The van der Waals surface area contributed by atoms with Crippen LogP contribution in [0.2, 0.25) is 0 Å². The molecule has 0 fully saturated rings. The van der Waals surface area contributed by atoms with Crippen LogP contribution in [0.15, 0.2) is 83.3 Å². The highest BCUT2D eigenvalue weighted by atomic mass is 32.2. The van der Waals surface area contributed by atoms with Gasteiger partial charge in [-0.3, -0.25) is 4.31 Å². The number of thiophene rings is 1. The minimum Gasteiger partial charge on any atom is -0.467 e. The van der Waals surface area contributed by atoms with Gasteiger partial charge < -0.3 is 15.4 Å². The number of hydrogen-bond acceptors (Lipinski definition) is 7. The molecule has 4 aromatic rings. The van der Waals surface area contributed by atoms with E-state index in [-0.39, 0.29) is 10.2 Å². The van der Waals surface area contributed by atoms with Crippen LogP contribution in [0.1, 0.15) is 0 Å². The van der Waals surface area contributed by atoms with Crippen molar-refractivity contribution in [2.24, 2.45) is 0 Å². The summed E-state index contributed by atoms with van der Waals surface area (Å²) in [7, 11) is -0.825. The molecule has 0 aliphatic heterocycles. The quantitative estimate of drug-likeness (QED) is 0.385. The van der Waals surface area contributed by atoms with Gasteiger partial charge in [-0.05, 0) is 48.5 Å². The average molecular weight is 496 g/mol. The van der Waals surface area contributed by atoms with Crippen molar-refractivity contribution in [1.29, 1.82) is 0 Å². The molecule has 0 saturated carbocycles. The summed E-state index contributed by atoms with van der Waals surface area (Å²) in [6.07, 6.45) is 3.16. The predicted molar refractivity (Wildman–Crippen MR) is 133 cm³/mol. The summed E-state index contributed by atoms with van der Waals surface area (Å²) < 4.78 is 32.6. The van der Waals surface area contributed by atoms with E-state index in [1.807, 2.05) is 18.2 Å². The Bertz CT molecular complexity index is 1370. The van der Waals surface area contributed by atoms with Gasteiger partial charge in [0.15, 0.2) is 0 Å². The van der Waals surface area contributed by atoms with Crippen LogP contribution in [0, 0.1) is 0 Å². The summed E-state index contributed by atoms with van der Waals surface area (Å²) in [6, 6.07) is 18.7. The first-order valence-electron chi connectivity index (χ1n) is 10.0. The molecule has 2 N–H and O–H groups in total. The number of carbonyl (C=O) groups excluding carboxylic acids is 1. The molecule has 174 valence electrons. The fraction of sp³-hybridized carbons (Fsp3) is 0.0870. The number of ether oxygens (including phenoxy) is 1. The van der Waals surface area contributed by atoms with Crippen LogP contribution in [0.25, 0.3) is 10.4 Å². The Balaban J connectivity index is 1.45. The maximum Gasteiger partial charge on any atom is 0.323 e. The topological polar surface area (TPSA) is 114 Å². The van der Waals surface area contributed by atoms with Gasteiger partial charge in [-0.25, -0.2) is 23.2 Å². The predicted octanol–water partition coefficient (Wildman–Crippen LogP) is 4.68. The smallest absolute Gasteiger partial charge is 0.323 e. The number of methoxy groups -OCH3 is 1. The second-order valence-electron chi connectivity index (χ2n) is 7.04. The zero-order valence-corrected chi connectivity index (χ0v) is 19.9. The molecular weight excluding hydrogens is 474 g/mol. The van der Waals surface area contributed by atoms with Crippen LogP contribution in [0.3, 0.4) is 0 Å². The van der Waals surface area contributed by atoms with Gasteiger partial charge in [0, 0.05) is 41.3 Å². The third-order valence-electron chi connectivity index (χ3n) is 4.81. The molecule has 4 rings (SSSR count). The summed E-state index contributed by atoms with van der Waals surface area (Å²) in [4.78, 5) is 21.0. The second kappa shape index (κ2) is 9.89. The molecular formula is C23H21N5O4S2. The van der Waals surface area contributed by atoms with Crippen molar-refractivity contribution in [2.45, 2.75) is 4.21 Å². The fourth-order valence-electron chi connectivity index (χ4n) is 3.01. The van der Waals surface area contributed by atoms with Crippen molar-refractivity contribution >= 4 is 44.5 Å². The average Bonchev–Trinajstić information content (AvgIpc) is 3.36. The molecule has 2 amide bonds. The largest absolute Gasteiger partial charge is 0.467 e. The Kier molecular flexibility index (Phi) is 6.75. The first-order chi connectivity index (χ1) is 16.4. The molecule has 0 atom stereocenters. The van der Waals surface area contributed by atoms with Gasteiger partial charge in [0.1, 0.15) is 4.21 Å². The molecule has 0 spiro atoms. The van der Waals surface area contributed by atoms with Crippen LogP contribution in [0.5, 0.6) is 6.01 Å². The lowest BCUT2D eigenvalue weighted by Gasteiger charge is -2.19. The third-order valence-corrected chi connectivity index (χ3v) is 8.20. The van der Waals surface area contributed by atoms with Crippen molar-refractivity contribution in [1.82, 2.24) is 9.97 Å². The number of rotatable bonds is 7. The van der Waals surface area contributed by atoms with Crippen LogP contribution in [0.4, 0.5) is 21.9 Å². The van der Waals surface area contributed by atoms with Crippen molar-refractivity contribution in [2.75, 3.05) is 29.1 Å². The van der Waals surface area contributed by atoms with Crippen molar-refractivity contribution < 1.29 is 17.9 Å². The number of urea groups is 1. The number of sulfonamides is 1.